The molecule has 1 aromatic carbocycles. The smallest absolute Gasteiger partial charge is 0.170 e. The Morgan fingerprint density at radius 3 is 2.52 bits per heavy atom. The third kappa shape index (κ3) is 3.57. The van der Waals surface area contributed by atoms with Crippen LogP contribution in [0.15, 0.2) is 28.7 Å². The molecular formula is C16H14BrF2N3S. The summed E-state index contributed by atoms with van der Waals surface area (Å²) in [4.78, 5) is 9.02. The predicted molar refractivity (Wildman–Crippen MR) is 91.7 cm³/mol. The van der Waals surface area contributed by atoms with E-state index in [1.165, 1.54) is 12.1 Å². The van der Waals surface area contributed by atoms with Crippen molar-refractivity contribution in [2.75, 3.05) is 7.05 Å². The second kappa shape index (κ2) is 6.59. The molecule has 0 fully saturated rings. The lowest BCUT2D eigenvalue weighted by Crippen LogP contribution is -2.20. The molecule has 0 bridgehead atoms. The van der Waals surface area contributed by atoms with Crippen LogP contribution in [0.4, 0.5) is 8.78 Å². The first-order valence-corrected chi connectivity index (χ1v) is 8.63. The lowest BCUT2D eigenvalue weighted by Gasteiger charge is -2.17. The molecule has 0 radical (unpaired) electrons. The SMILES string of the molecule is CNC(Cc1cc(F)cc(F)c1)c1nc2nc(C)sc2cc1Br. The van der Waals surface area contributed by atoms with Gasteiger partial charge in [0.05, 0.1) is 21.4 Å². The molecule has 120 valence electrons. The van der Waals surface area contributed by atoms with Crippen molar-refractivity contribution in [1.29, 1.82) is 0 Å². The van der Waals surface area contributed by atoms with Crippen LogP contribution in [0, 0.1) is 18.6 Å². The first-order chi connectivity index (χ1) is 11.0. The van der Waals surface area contributed by atoms with Gasteiger partial charge in [0.15, 0.2) is 5.65 Å². The molecule has 3 nitrogen and oxygen atoms in total. The molecule has 0 amide bonds. The fourth-order valence-corrected chi connectivity index (χ4v) is 4.06. The van der Waals surface area contributed by atoms with E-state index in [1.807, 2.05) is 13.0 Å². The molecule has 0 aliphatic carbocycles. The van der Waals surface area contributed by atoms with Crippen molar-refractivity contribution >= 4 is 37.6 Å². The van der Waals surface area contributed by atoms with Gasteiger partial charge >= 0.3 is 0 Å². The van der Waals surface area contributed by atoms with Gasteiger partial charge in [-0.1, -0.05) is 0 Å². The Labute approximate surface area is 144 Å². The van der Waals surface area contributed by atoms with Crippen LogP contribution in [0.25, 0.3) is 10.3 Å². The molecule has 3 aromatic rings. The van der Waals surface area contributed by atoms with Gasteiger partial charge in [0, 0.05) is 10.5 Å². The predicted octanol–water partition coefficient (Wildman–Crippen LogP) is 4.54. The summed E-state index contributed by atoms with van der Waals surface area (Å²) in [7, 11) is 1.80. The van der Waals surface area contributed by atoms with Crippen LogP contribution in [-0.2, 0) is 6.42 Å². The van der Waals surface area contributed by atoms with E-state index in [4.69, 9.17) is 0 Å². The standard InChI is InChI=1S/C16H14BrF2N3S/c1-8-21-16-14(23-8)7-12(17)15(22-16)13(20-2)5-9-3-10(18)6-11(19)4-9/h3-4,6-7,13,20H,5H2,1-2H3. The van der Waals surface area contributed by atoms with E-state index < -0.39 is 11.6 Å². The van der Waals surface area contributed by atoms with Crippen molar-refractivity contribution in [3.8, 4) is 0 Å². The molecule has 3 rings (SSSR count). The summed E-state index contributed by atoms with van der Waals surface area (Å²) in [5, 5.41) is 4.11. The molecular weight excluding hydrogens is 384 g/mol. The minimum Gasteiger partial charge on any atom is -0.311 e. The number of benzene rings is 1. The number of likely N-dealkylation sites (N-methyl/N-ethyl adjacent to an activating group) is 1. The number of aromatic nitrogens is 2. The minimum absolute atomic E-state index is 0.183. The fourth-order valence-electron chi connectivity index (χ4n) is 2.51. The third-order valence-electron chi connectivity index (χ3n) is 3.51. The minimum atomic E-state index is -0.576. The summed E-state index contributed by atoms with van der Waals surface area (Å²) in [6, 6.07) is 5.35. The van der Waals surface area contributed by atoms with E-state index in [1.54, 1.807) is 18.4 Å². The van der Waals surface area contributed by atoms with Crippen molar-refractivity contribution in [2.45, 2.75) is 19.4 Å². The second-order valence-electron chi connectivity index (χ2n) is 5.23. The quantitative estimate of drug-likeness (QED) is 0.701. The third-order valence-corrected chi connectivity index (χ3v) is 5.05. The Bertz CT molecular complexity index is 846. The molecule has 1 unspecified atom stereocenters. The normalized spacial score (nSPS) is 12.7. The molecule has 1 atom stereocenters. The number of fused-ring (bicyclic) bond motifs is 1. The van der Waals surface area contributed by atoms with Crippen LogP contribution in [0.1, 0.15) is 22.3 Å². The molecule has 0 saturated carbocycles. The Hall–Kier alpha value is -1.44. The highest BCUT2D eigenvalue weighted by Gasteiger charge is 2.18. The van der Waals surface area contributed by atoms with E-state index >= 15 is 0 Å². The van der Waals surface area contributed by atoms with Gasteiger partial charge in [-0.25, -0.2) is 18.7 Å². The van der Waals surface area contributed by atoms with E-state index in [-0.39, 0.29) is 6.04 Å². The fraction of sp³-hybridized carbons (Fsp3) is 0.250. The first-order valence-electron chi connectivity index (χ1n) is 7.02. The number of aryl methyl sites for hydroxylation is 1. The maximum absolute atomic E-state index is 13.4. The molecule has 0 spiro atoms. The Morgan fingerprint density at radius 2 is 1.87 bits per heavy atom. The maximum atomic E-state index is 13.4. The molecule has 2 aromatic heterocycles. The number of pyridine rings is 1. The molecule has 1 N–H and O–H groups in total. The van der Waals surface area contributed by atoms with Crippen molar-refractivity contribution in [1.82, 2.24) is 15.3 Å². The zero-order valence-electron chi connectivity index (χ0n) is 12.5. The molecule has 23 heavy (non-hydrogen) atoms. The molecule has 0 aliphatic rings. The number of halogens is 3. The summed E-state index contributed by atoms with van der Waals surface area (Å²) in [6.07, 6.45) is 0.422. The Kier molecular flexibility index (Phi) is 4.70. The Morgan fingerprint density at radius 1 is 1.17 bits per heavy atom. The summed E-state index contributed by atoms with van der Waals surface area (Å²) >= 11 is 5.12. The van der Waals surface area contributed by atoms with Gasteiger partial charge in [-0.05, 0) is 60.1 Å². The average molecular weight is 398 g/mol. The summed E-state index contributed by atoms with van der Waals surface area (Å²) in [6.45, 7) is 1.94. The monoisotopic (exact) mass is 397 g/mol. The number of hydrogen-bond acceptors (Lipinski definition) is 4. The van der Waals surface area contributed by atoms with Gasteiger partial charge in [0.2, 0.25) is 0 Å². The van der Waals surface area contributed by atoms with Gasteiger partial charge in [-0.3, -0.25) is 0 Å². The Balaban J connectivity index is 1.98. The highest BCUT2D eigenvalue weighted by atomic mass is 79.9. The van der Waals surface area contributed by atoms with Gasteiger partial charge in [-0.15, -0.1) is 11.3 Å². The van der Waals surface area contributed by atoms with Crippen LogP contribution in [0.2, 0.25) is 0 Å². The van der Waals surface area contributed by atoms with Crippen LogP contribution >= 0.6 is 27.3 Å². The van der Waals surface area contributed by atoms with Gasteiger partial charge in [0.25, 0.3) is 0 Å². The maximum Gasteiger partial charge on any atom is 0.170 e. The lowest BCUT2D eigenvalue weighted by molar-refractivity contribution is 0.554. The van der Waals surface area contributed by atoms with Crippen molar-refractivity contribution in [3.05, 3.63) is 56.6 Å². The second-order valence-corrected chi connectivity index (χ2v) is 7.32. The van der Waals surface area contributed by atoms with Crippen LogP contribution < -0.4 is 5.32 Å². The first kappa shape index (κ1) is 16.4. The highest BCUT2D eigenvalue weighted by molar-refractivity contribution is 9.10. The summed E-state index contributed by atoms with van der Waals surface area (Å²) in [5.74, 6) is -1.15. The van der Waals surface area contributed by atoms with Gasteiger partial charge in [-0.2, -0.15) is 0 Å². The van der Waals surface area contributed by atoms with Crippen molar-refractivity contribution in [2.24, 2.45) is 0 Å². The zero-order valence-corrected chi connectivity index (χ0v) is 14.9. The van der Waals surface area contributed by atoms with E-state index in [2.05, 4.69) is 31.2 Å². The lowest BCUT2D eigenvalue weighted by atomic mass is 10.0. The molecule has 0 saturated heterocycles. The molecule has 7 heteroatoms. The zero-order chi connectivity index (χ0) is 16.6. The molecule has 0 aliphatic heterocycles. The summed E-state index contributed by atoms with van der Waals surface area (Å²) in [5.41, 5.74) is 2.04. The number of hydrogen-bond donors (Lipinski definition) is 1. The van der Waals surface area contributed by atoms with E-state index in [9.17, 15) is 8.78 Å². The van der Waals surface area contributed by atoms with Gasteiger partial charge < -0.3 is 5.32 Å². The summed E-state index contributed by atoms with van der Waals surface area (Å²) < 4.78 is 28.6. The van der Waals surface area contributed by atoms with Crippen LogP contribution in [0.3, 0.4) is 0 Å². The number of nitrogens with zero attached hydrogens (tertiary/aromatic N) is 2. The number of rotatable bonds is 4. The number of nitrogens with one attached hydrogen (secondary N) is 1. The largest absolute Gasteiger partial charge is 0.311 e. The van der Waals surface area contributed by atoms with Crippen LogP contribution in [-0.4, -0.2) is 17.0 Å². The number of thiazole rings is 1. The average Bonchev–Trinajstić information content (AvgIpc) is 2.82. The van der Waals surface area contributed by atoms with Gasteiger partial charge in [0.1, 0.15) is 11.6 Å². The van der Waals surface area contributed by atoms with E-state index in [0.29, 0.717) is 17.6 Å². The molecule has 2 heterocycles. The van der Waals surface area contributed by atoms with E-state index in [0.717, 1.165) is 25.9 Å². The van der Waals surface area contributed by atoms with Crippen molar-refractivity contribution < 1.29 is 8.78 Å². The van der Waals surface area contributed by atoms with Crippen LogP contribution in [0.5, 0.6) is 0 Å². The topological polar surface area (TPSA) is 37.8 Å². The highest BCUT2D eigenvalue weighted by Crippen LogP contribution is 2.30. The van der Waals surface area contributed by atoms with Crippen molar-refractivity contribution in [3.63, 3.8) is 0 Å².